The van der Waals surface area contributed by atoms with E-state index in [0.717, 1.165) is 64.7 Å². The van der Waals surface area contributed by atoms with Gasteiger partial charge in [0.1, 0.15) is 0 Å². The van der Waals surface area contributed by atoms with Gasteiger partial charge in [0.25, 0.3) is 0 Å². The highest BCUT2D eigenvalue weighted by Crippen LogP contribution is 2.17. The van der Waals surface area contributed by atoms with E-state index in [2.05, 4.69) is 51.3 Å². The van der Waals surface area contributed by atoms with Crippen molar-refractivity contribution in [3.05, 3.63) is 35.4 Å². The summed E-state index contributed by atoms with van der Waals surface area (Å²) in [4.78, 5) is 9.47. The van der Waals surface area contributed by atoms with Crippen LogP contribution in [-0.4, -0.2) is 74.8 Å². The van der Waals surface area contributed by atoms with E-state index < -0.39 is 0 Å². The fourth-order valence-electron chi connectivity index (χ4n) is 3.77. The van der Waals surface area contributed by atoms with Gasteiger partial charge in [-0.25, -0.2) is 0 Å². The van der Waals surface area contributed by atoms with Crippen LogP contribution in [0.25, 0.3) is 0 Å². The molecule has 0 aliphatic carbocycles. The standard InChI is InChI=1S/C20H32N4O.HI/c1-3-17-4-6-18(7-5-17)8-10-22-20(21-2)24-11-9-19(16-24)23-12-14-25-15-13-23;/h4-7,19H,3,8-16H2,1-2H3,(H,21,22);1H. The summed E-state index contributed by atoms with van der Waals surface area (Å²) in [6.07, 6.45) is 3.35. The second-order valence-electron chi connectivity index (χ2n) is 6.93. The summed E-state index contributed by atoms with van der Waals surface area (Å²) in [5.41, 5.74) is 2.78. The van der Waals surface area contributed by atoms with E-state index in [1.54, 1.807) is 0 Å². The number of hydrogen-bond donors (Lipinski definition) is 1. The Morgan fingerprint density at radius 2 is 1.85 bits per heavy atom. The number of ether oxygens (including phenoxy) is 1. The van der Waals surface area contributed by atoms with Crippen molar-refractivity contribution in [3.8, 4) is 0 Å². The first-order chi connectivity index (χ1) is 12.3. The third kappa shape index (κ3) is 5.82. The van der Waals surface area contributed by atoms with E-state index in [0.29, 0.717) is 6.04 Å². The monoisotopic (exact) mass is 472 g/mol. The molecule has 0 bridgehead atoms. The number of nitrogens with zero attached hydrogens (tertiary/aromatic N) is 3. The number of nitrogens with one attached hydrogen (secondary N) is 1. The van der Waals surface area contributed by atoms with E-state index in [4.69, 9.17) is 4.74 Å². The summed E-state index contributed by atoms with van der Waals surface area (Å²) < 4.78 is 5.47. The molecule has 2 fully saturated rings. The number of aryl methyl sites for hydroxylation is 1. The molecule has 2 aliphatic rings. The van der Waals surface area contributed by atoms with Crippen molar-refractivity contribution in [1.82, 2.24) is 15.1 Å². The Balaban J connectivity index is 0.00000243. The molecule has 0 radical (unpaired) electrons. The number of hydrogen-bond acceptors (Lipinski definition) is 3. The van der Waals surface area contributed by atoms with Gasteiger partial charge in [0, 0.05) is 45.8 Å². The Morgan fingerprint density at radius 1 is 1.15 bits per heavy atom. The highest BCUT2D eigenvalue weighted by atomic mass is 127. The van der Waals surface area contributed by atoms with Crippen molar-refractivity contribution < 1.29 is 4.74 Å². The van der Waals surface area contributed by atoms with Crippen molar-refractivity contribution in [1.29, 1.82) is 0 Å². The average Bonchev–Trinajstić information content (AvgIpc) is 3.16. The van der Waals surface area contributed by atoms with Gasteiger partial charge in [-0.2, -0.15) is 0 Å². The zero-order valence-electron chi connectivity index (χ0n) is 16.1. The lowest BCUT2D eigenvalue weighted by Crippen LogP contribution is -2.46. The first-order valence-electron chi connectivity index (χ1n) is 9.65. The topological polar surface area (TPSA) is 40.1 Å². The molecule has 0 aromatic heterocycles. The normalized spacial score (nSPS) is 21.5. The molecule has 1 aromatic rings. The van der Waals surface area contributed by atoms with Crippen LogP contribution in [0.5, 0.6) is 0 Å². The Kier molecular flexibility index (Phi) is 9.15. The van der Waals surface area contributed by atoms with Crippen molar-refractivity contribution in [2.75, 3.05) is 53.0 Å². The minimum Gasteiger partial charge on any atom is -0.379 e. The van der Waals surface area contributed by atoms with Crippen LogP contribution in [0.1, 0.15) is 24.5 Å². The molecule has 1 aromatic carbocycles. The molecule has 0 saturated carbocycles. The highest BCUT2D eigenvalue weighted by molar-refractivity contribution is 14.0. The van der Waals surface area contributed by atoms with Crippen LogP contribution in [0.15, 0.2) is 29.3 Å². The SMILES string of the molecule is CCc1ccc(CCNC(=NC)N2CCC(N3CCOCC3)C2)cc1.I. The molecule has 2 aliphatic heterocycles. The smallest absolute Gasteiger partial charge is 0.193 e. The maximum Gasteiger partial charge on any atom is 0.193 e. The molecule has 3 rings (SSSR count). The Hall–Kier alpha value is -0.860. The van der Waals surface area contributed by atoms with Crippen molar-refractivity contribution in [2.24, 2.45) is 4.99 Å². The van der Waals surface area contributed by atoms with Crippen LogP contribution >= 0.6 is 24.0 Å². The largest absolute Gasteiger partial charge is 0.379 e. The molecular formula is C20H33IN4O. The Labute approximate surface area is 175 Å². The number of likely N-dealkylation sites (tertiary alicyclic amines) is 1. The van der Waals surface area contributed by atoms with Gasteiger partial charge in [-0.3, -0.25) is 9.89 Å². The van der Waals surface area contributed by atoms with Gasteiger partial charge in [-0.15, -0.1) is 24.0 Å². The maximum absolute atomic E-state index is 5.47. The highest BCUT2D eigenvalue weighted by Gasteiger charge is 2.30. The molecule has 146 valence electrons. The first-order valence-corrected chi connectivity index (χ1v) is 9.65. The summed E-state index contributed by atoms with van der Waals surface area (Å²) >= 11 is 0. The molecule has 2 saturated heterocycles. The molecule has 0 spiro atoms. The van der Waals surface area contributed by atoms with E-state index in [9.17, 15) is 0 Å². The zero-order valence-corrected chi connectivity index (χ0v) is 18.4. The van der Waals surface area contributed by atoms with Crippen LogP contribution in [-0.2, 0) is 17.6 Å². The Morgan fingerprint density at radius 3 is 2.50 bits per heavy atom. The van der Waals surface area contributed by atoms with Crippen molar-refractivity contribution >= 4 is 29.9 Å². The van der Waals surface area contributed by atoms with Crippen LogP contribution < -0.4 is 5.32 Å². The van der Waals surface area contributed by atoms with Gasteiger partial charge in [0.05, 0.1) is 13.2 Å². The van der Waals surface area contributed by atoms with Gasteiger partial charge in [0.2, 0.25) is 0 Å². The Bertz CT molecular complexity index is 557. The molecule has 1 unspecified atom stereocenters. The molecule has 1 atom stereocenters. The van der Waals surface area contributed by atoms with Crippen LogP contribution in [0.4, 0.5) is 0 Å². The van der Waals surface area contributed by atoms with E-state index in [1.165, 1.54) is 17.5 Å². The summed E-state index contributed by atoms with van der Waals surface area (Å²) in [5, 5.41) is 3.54. The third-order valence-electron chi connectivity index (χ3n) is 5.36. The predicted molar refractivity (Wildman–Crippen MR) is 119 cm³/mol. The number of halogens is 1. The summed E-state index contributed by atoms with van der Waals surface area (Å²) in [6.45, 7) is 9.17. The van der Waals surface area contributed by atoms with Crippen molar-refractivity contribution in [3.63, 3.8) is 0 Å². The van der Waals surface area contributed by atoms with E-state index in [1.807, 2.05) is 7.05 Å². The van der Waals surface area contributed by atoms with Gasteiger partial charge < -0.3 is 15.0 Å². The zero-order chi connectivity index (χ0) is 17.5. The molecule has 1 N–H and O–H groups in total. The second kappa shape index (κ2) is 11.1. The van der Waals surface area contributed by atoms with Crippen LogP contribution in [0.3, 0.4) is 0 Å². The number of guanidine groups is 1. The number of aliphatic imine (C=N–C) groups is 1. The lowest BCUT2D eigenvalue weighted by molar-refractivity contribution is 0.0195. The van der Waals surface area contributed by atoms with Gasteiger partial charge >= 0.3 is 0 Å². The summed E-state index contributed by atoms with van der Waals surface area (Å²) in [5.74, 6) is 1.04. The molecule has 2 heterocycles. The molecule has 5 nitrogen and oxygen atoms in total. The lowest BCUT2D eigenvalue weighted by atomic mass is 10.1. The minimum atomic E-state index is 0. The maximum atomic E-state index is 5.47. The number of rotatable bonds is 5. The van der Waals surface area contributed by atoms with Gasteiger partial charge in [-0.05, 0) is 30.4 Å². The fourth-order valence-corrected chi connectivity index (χ4v) is 3.77. The van der Waals surface area contributed by atoms with E-state index in [-0.39, 0.29) is 24.0 Å². The number of morpholine rings is 1. The fraction of sp³-hybridized carbons (Fsp3) is 0.650. The quantitative estimate of drug-likeness (QED) is 0.406. The minimum absolute atomic E-state index is 0. The second-order valence-corrected chi connectivity index (χ2v) is 6.93. The third-order valence-corrected chi connectivity index (χ3v) is 5.36. The molecule has 26 heavy (non-hydrogen) atoms. The molecular weight excluding hydrogens is 439 g/mol. The van der Waals surface area contributed by atoms with Crippen LogP contribution in [0, 0.1) is 0 Å². The molecule has 6 heteroatoms. The van der Waals surface area contributed by atoms with E-state index >= 15 is 0 Å². The lowest BCUT2D eigenvalue weighted by Gasteiger charge is -2.32. The van der Waals surface area contributed by atoms with Gasteiger partial charge in [0.15, 0.2) is 5.96 Å². The average molecular weight is 472 g/mol. The summed E-state index contributed by atoms with van der Waals surface area (Å²) in [7, 11) is 1.89. The van der Waals surface area contributed by atoms with Crippen molar-refractivity contribution in [2.45, 2.75) is 32.2 Å². The predicted octanol–water partition coefficient (Wildman–Crippen LogP) is 2.39. The first kappa shape index (κ1) is 21.4. The molecule has 0 amide bonds. The van der Waals surface area contributed by atoms with Crippen LogP contribution in [0.2, 0.25) is 0 Å². The number of benzene rings is 1. The summed E-state index contributed by atoms with van der Waals surface area (Å²) in [6, 6.07) is 9.60. The van der Waals surface area contributed by atoms with Gasteiger partial charge in [-0.1, -0.05) is 31.2 Å².